The number of phenols is 1. The minimum atomic E-state index is 0.329. The quantitative estimate of drug-likeness (QED) is 0.614. The lowest BCUT2D eigenvalue weighted by Crippen LogP contribution is -1.66. The molecule has 58 valence electrons. The zero-order valence-electron chi connectivity index (χ0n) is 6.70. The van der Waals surface area contributed by atoms with Gasteiger partial charge in [0.1, 0.15) is 5.75 Å². The smallest absolute Gasteiger partial charge is 0.115 e. The fourth-order valence-electron chi connectivity index (χ4n) is 0.545. The normalized spacial score (nSPS) is 7.36. The molecule has 1 aromatic carbocycles. The van der Waals surface area contributed by atoms with Gasteiger partial charge in [-0.25, -0.2) is 0 Å². The Morgan fingerprint density at radius 1 is 1.27 bits per heavy atom. The SMILES string of the molecule is CC#N.Cc1ccc(O)cc1. The van der Waals surface area contributed by atoms with Crippen LogP contribution in [0, 0.1) is 18.3 Å². The number of hydrogen-bond donors (Lipinski definition) is 1. The van der Waals surface area contributed by atoms with Gasteiger partial charge in [0.15, 0.2) is 0 Å². The Morgan fingerprint density at radius 2 is 1.64 bits per heavy atom. The predicted octanol–water partition coefficient (Wildman–Crippen LogP) is 2.23. The summed E-state index contributed by atoms with van der Waals surface area (Å²) in [7, 11) is 0. The van der Waals surface area contributed by atoms with Gasteiger partial charge in [0.05, 0.1) is 6.07 Å². The molecule has 0 bridgehead atoms. The lowest BCUT2D eigenvalue weighted by Gasteiger charge is -1.89. The number of nitrogens with zero attached hydrogens (tertiary/aromatic N) is 1. The summed E-state index contributed by atoms with van der Waals surface area (Å²) in [6.07, 6.45) is 0. The first kappa shape index (κ1) is 9.51. The Labute approximate surface area is 66.7 Å². The molecule has 0 aromatic heterocycles. The molecule has 11 heavy (non-hydrogen) atoms. The van der Waals surface area contributed by atoms with Crippen molar-refractivity contribution >= 4 is 0 Å². The maximum atomic E-state index is 8.76. The van der Waals surface area contributed by atoms with Gasteiger partial charge in [-0.2, -0.15) is 5.26 Å². The van der Waals surface area contributed by atoms with Crippen molar-refractivity contribution in [2.45, 2.75) is 13.8 Å². The third-order valence-corrected chi connectivity index (χ3v) is 1.03. The summed E-state index contributed by atoms with van der Waals surface area (Å²) in [4.78, 5) is 0. The minimum Gasteiger partial charge on any atom is -0.508 e. The van der Waals surface area contributed by atoms with E-state index in [4.69, 9.17) is 10.4 Å². The summed E-state index contributed by atoms with van der Waals surface area (Å²) >= 11 is 0. The van der Waals surface area contributed by atoms with Crippen LogP contribution in [0.5, 0.6) is 5.75 Å². The summed E-state index contributed by atoms with van der Waals surface area (Å²) in [6, 6.07) is 8.84. The van der Waals surface area contributed by atoms with Crippen LogP contribution in [0.25, 0.3) is 0 Å². The van der Waals surface area contributed by atoms with Crippen molar-refractivity contribution in [2.75, 3.05) is 0 Å². The van der Waals surface area contributed by atoms with Crippen LogP contribution >= 0.6 is 0 Å². The number of nitriles is 1. The number of rotatable bonds is 0. The highest BCUT2D eigenvalue weighted by Gasteiger charge is 1.82. The third kappa shape index (κ3) is 4.98. The number of aryl methyl sites for hydroxylation is 1. The molecule has 2 heteroatoms. The van der Waals surface area contributed by atoms with E-state index in [1.807, 2.05) is 19.1 Å². The van der Waals surface area contributed by atoms with Crippen LogP contribution in [0.3, 0.4) is 0 Å². The molecule has 0 heterocycles. The topological polar surface area (TPSA) is 44.0 Å². The molecule has 2 nitrogen and oxygen atoms in total. The maximum Gasteiger partial charge on any atom is 0.115 e. The van der Waals surface area contributed by atoms with Gasteiger partial charge in [0.25, 0.3) is 0 Å². The van der Waals surface area contributed by atoms with Gasteiger partial charge < -0.3 is 5.11 Å². The standard InChI is InChI=1S/C7H8O.C2H3N/c1-6-2-4-7(8)5-3-6;1-2-3/h2-5,8H,1H3;1H3. The Balaban J connectivity index is 0.000000292. The van der Waals surface area contributed by atoms with Crippen molar-refractivity contribution in [1.82, 2.24) is 0 Å². The van der Waals surface area contributed by atoms with Gasteiger partial charge in [-0.3, -0.25) is 0 Å². The van der Waals surface area contributed by atoms with E-state index in [9.17, 15) is 0 Å². The average Bonchev–Trinajstić information content (AvgIpc) is 1.97. The molecule has 0 atom stereocenters. The van der Waals surface area contributed by atoms with Crippen molar-refractivity contribution in [3.05, 3.63) is 29.8 Å². The lowest BCUT2D eigenvalue weighted by atomic mass is 10.2. The fraction of sp³-hybridized carbons (Fsp3) is 0.222. The molecular formula is C9H11NO. The summed E-state index contributed by atoms with van der Waals surface area (Å²) in [6.45, 7) is 3.42. The molecule has 0 radical (unpaired) electrons. The second-order valence-electron chi connectivity index (χ2n) is 2.06. The molecule has 0 spiro atoms. The van der Waals surface area contributed by atoms with E-state index in [0.29, 0.717) is 5.75 Å². The predicted molar refractivity (Wildman–Crippen MR) is 44.1 cm³/mol. The van der Waals surface area contributed by atoms with Crippen molar-refractivity contribution < 1.29 is 5.11 Å². The zero-order chi connectivity index (χ0) is 8.69. The number of hydrogen-bond acceptors (Lipinski definition) is 2. The number of phenolic OH excluding ortho intramolecular Hbond substituents is 1. The Morgan fingerprint density at radius 3 is 1.91 bits per heavy atom. The molecule has 0 saturated carbocycles. The number of benzene rings is 1. The van der Waals surface area contributed by atoms with Crippen molar-refractivity contribution in [3.8, 4) is 11.8 Å². The monoisotopic (exact) mass is 149 g/mol. The van der Waals surface area contributed by atoms with E-state index in [0.717, 1.165) is 0 Å². The molecule has 1 N–H and O–H groups in total. The number of aromatic hydroxyl groups is 1. The van der Waals surface area contributed by atoms with Crippen LogP contribution in [0.2, 0.25) is 0 Å². The first-order chi connectivity index (χ1) is 5.20. The van der Waals surface area contributed by atoms with Crippen LogP contribution in [-0.2, 0) is 0 Å². The molecule has 0 unspecified atom stereocenters. The highest BCUT2D eigenvalue weighted by atomic mass is 16.3. The van der Waals surface area contributed by atoms with Gasteiger partial charge >= 0.3 is 0 Å². The molecule has 0 saturated heterocycles. The zero-order valence-corrected chi connectivity index (χ0v) is 6.70. The average molecular weight is 149 g/mol. The Hall–Kier alpha value is -1.49. The molecule has 1 aromatic rings. The van der Waals surface area contributed by atoms with Gasteiger partial charge in [-0.1, -0.05) is 17.7 Å². The fourth-order valence-corrected chi connectivity index (χ4v) is 0.545. The van der Waals surface area contributed by atoms with E-state index in [1.165, 1.54) is 12.5 Å². The van der Waals surface area contributed by atoms with Crippen LogP contribution < -0.4 is 0 Å². The minimum absolute atomic E-state index is 0.329. The van der Waals surface area contributed by atoms with Gasteiger partial charge in [0.2, 0.25) is 0 Å². The molecule has 1 rings (SSSR count). The van der Waals surface area contributed by atoms with Crippen molar-refractivity contribution in [1.29, 1.82) is 5.26 Å². The first-order valence-electron chi connectivity index (χ1n) is 3.27. The molecule has 0 aliphatic rings. The van der Waals surface area contributed by atoms with Crippen LogP contribution in [0.15, 0.2) is 24.3 Å². The lowest BCUT2D eigenvalue weighted by molar-refractivity contribution is 0.475. The van der Waals surface area contributed by atoms with E-state index in [2.05, 4.69) is 0 Å². The van der Waals surface area contributed by atoms with Crippen molar-refractivity contribution in [2.24, 2.45) is 0 Å². The van der Waals surface area contributed by atoms with E-state index < -0.39 is 0 Å². The first-order valence-corrected chi connectivity index (χ1v) is 3.27. The second-order valence-corrected chi connectivity index (χ2v) is 2.06. The van der Waals surface area contributed by atoms with Crippen LogP contribution in [-0.4, -0.2) is 5.11 Å². The van der Waals surface area contributed by atoms with E-state index in [1.54, 1.807) is 18.2 Å². The van der Waals surface area contributed by atoms with Crippen molar-refractivity contribution in [3.63, 3.8) is 0 Å². The highest BCUT2D eigenvalue weighted by Crippen LogP contribution is 2.07. The van der Waals surface area contributed by atoms with E-state index >= 15 is 0 Å². The highest BCUT2D eigenvalue weighted by molar-refractivity contribution is 5.24. The van der Waals surface area contributed by atoms with Gasteiger partial charge in [0, 0.05) is 6.92 Å². The Kier molecular flexibility index (Phi) is 4.59. The Bertz CT molecular complexity index is 212. The van der Waals surface area contributed by atoms with Crippen LogP contribution in [0.1, 0.15) is 12.5 Å². The molecule has 0 fully saturated rings. The summed E-state index contributed by atoms with van der Waals surface area (Å²) in [5.41, 5.74) is 1.17. The summed E-state index contributed by atoms with van der Waals surface area (Å²) in [5, 5.41) is 16.1. The molecule has 0 aliphatic carbocycles. The van der Waals surface area contributed by atoms with Gasteiger partial charge in [-0.15, -0.1) is 0 Å². The van der Waals surface area contributed by atoms with Gasteiger partial charge in [-0.05, 0) is 19.1 Å². The summed E-state index contributed by atoms with van der Waals surface area (Å²) < 4.78 is 0. The largest absolute Gasteiger partial charge is 0.508 e. The maximum absolute atomic E-state index is 8.76. The molecular weight excluding hydrogens is 138 g/mol. The second kappa shape index (κ2) is 5.31. The molecule has 0 amide bonds. The summed E-state index contributed by atoms with van der Waals surface area (Å²) in [5.74, 6) is 0.329. The van der Waals surface area contributed by atoms with E-state index in [-0.39, 0.29) is 0 Å². The molecule has 0 aliphatic heterocycles. The third-order valence-electron chi connectivity index (χ3n) is 1.03. The van der Waals surface area contributed by atoms with Crippen LogP contribution in [0.4, 0.5) is 0 Å².